The van der Waals surface area contributed by atoms with Crippen LogP contribution in [-0.2, 0) is 6.42 Å². The van der Waals surface area contributed by atoms with Crippen molar-refractivity contribution in [3.8, 4) is 0 Å². The fourth-order valence-corrected chi connectivity index (χ4v) is 2.62. The second-order valence-electron chi connectivity index (χ2n) is 5.21. The maximum Gasteiger partial charge on any atom is 0.0827 e. The van der Waals surface area contributed by atoms with Crippen LogP contribution >= 0.6 is 0 Å². The van der Waals surface area contributed by atoms with Crippen molar-refractivity contribution in [2.45, 2.75) is 63.5 Å². The summed E-state index contributed by atoms with van der Waals surface area (Å²) in [6, 6.07) is 0.114. The van der Waals surface area contributed by atoms with Crippen molar-refractivity contribution in [3.63, 3.8) is 0 Å². The minimum Gasteiger partial charge on any atom is -0.391 e. The maximum atomic E-state index is 10.1. The molecule has 1 aromatic heterocycles. The van der Waals surface area contributed by atoms with Gasteiger partial charge in [-0.2, -0.15) is 0 Å². The fourth-order valence-electron chi connectivity index (χ4n) is 2.62. The largest absolute Gasteiger partial charge is 0.391 e. The Morgan fingerprint density at radius 2 is 2.11 bits per heavy atom. The van der Waals surface area contributed by atoms with Gasteiger partial charge < -0.3 is 10.8 Å². The molecular weight excluding hydrogens is 228 g/mol. The lowest BCUT2D eigenvalue weighted by molar-refractivity contribution is 0.0980. The molecule has 1 heterocycles. The molecule has 0 bridgehead atoms. The Morgan fingerprint density at radius 3 is 2.94 bits per heavy atom. The van der Waals surface area contributed by atoms with E-state index >= 15 is 0 Å². The number of nitrogens with zero attached hydrogens (tertiary/aromatic N) is 3. The average Bonchev–Trinajstić information content (AvgIpc) is 2.72. The highest BCUT2D eigenvalue weighted by Crippen LogP contribution is 2.27. The highest BCUT2D eigenvalue weighted by Gasteiger charge is 2.24. The van der Waals surface area contributed by atoms with Gasteiger partial charge in [0.05, 0.1) is 17.8 Å². The molecule has 1 aromatic rings. The molecule has 5 nitrogen and oxygen atoms in total. The van der Waals surface area contributed by atoms with Crippen LogP contribution in [0.25, 0.3) is 0 Å². The first kappa shape index (κ1) is 13.5. The number of aliphatic hydroxyl groups is 1. The van der Waals surface area contributed by atoms with Crippen molar-refractivity contribution in [1.29, 1.82) is 0 Å². The summed E-state index contributed by atoms with van der Waals surface area (Å²) in [5.74, 6) is 0. The molecule has 0 amide bonds. The number of aromatic nitrogens is 3. The third-order valence-electron chi connectivity index (χ3n) is 3.73. The molecule has 102 valence electrons. The lowest BCUT2D eigenvalue weighted by Gasteiger charge is -2.19. The van der Waals surface area contributed by atoms with Crippen LogP contribution < -0.4 is 5.73 Å². The molecule has 5 heteroatoms. The Morgan fingerprint density at radius 1 is 1.28 bits per heavy atom. The topological polar surface area (TPSA) is 77.0 Å². The first-order valence-corrected chi connectivity index (χ1v) is 7.10. The van der Waals surface area contributed by atoms with E-state index < -0.39 is 0 Å². The van der Waals surface area contributed by atoms with Gasteiger partial charge in [0.2, 0.25) is 0 Å². The second kappa shape index (κ2) is 6.85. The van der Waals surface area contributed by atoms with E-state index in [1.165, 1.54) is 12.8 Å². The SMILES string of the molecule is NCCCCc1cn(C2CCCCCC2O)nn1. The second-order valence-corrected chi connectivity index (χ2v) is 5.21. The third-order valence-corrected chi connectivity index (χ3v) is 3.73. The van der Waals surface area contributed by atoms with Crippen molar-refractivity contribution < 1.29 is 5.11 Å². The van der Waals surface area contributed by atoms with E-state index in [9.17, 15) is 5.11 Å². The van der Waals surface area contributed by atoms with Crippen LogP contribution in [-0.4, -0.2) is 32.7 Å². The van der Waals surface area contributed by atoms with Crippen LogP contribution in [0.2, 0.25) is 0 Å². The summed E-state index contributed by atoms with van der Waals surface area (Å²) < 4.78 is 1.87. The van der Waals surface area contributed by atoms with E-state index in [4.69, 9.17) is 5.73 Å². The Hall–Kier alpha value is -0.940. The third kappa shape index (κ3) is 3.53. The van der Waals surface area contributed by atoms with E-state index in [-0.39, 0.29) is 12.1 Å². The van der Waals surface area contributed by atoms with Crippen molar-refractivity contribution in [1.82, 2.24) is 15.0 Å². The molecule has 1 saturated carbocycles. The first-order chi connectivity index (χ1) is 8.81. The Kier molecular flexibility index (Phi) is 5.13. The quantitative estimate of drug-likeness (QED) is 0.614. The molecule has 0 saturated heterocycles. The van der Waals surface area contributed by atoms with Gasteiger partial charge in [0.15, 0.2) is 0 Å². The standard InChI is InChI=1S/C13H24N4O/c14-9-5-4-6-11-10-17(16-15-11)12-7-2-1-3-8-13(12)18/h10,12-13,18H,1-9,14H2. The van der Waals surface area contributed by atoms with Gasteiger partial charge in [0, 0.05) is 6.20 Å². The predicted octanol–water partition coefficient (Wildman–Crippen LogP) is 1.43. The fraction of sp³-hybridized carbons (Fsp3) is 0.846. The van der Waals surface area contributed by atoms with E-state index in [0.717, 1.165) is 50.8 Å². The van der Waals surface area contributed by atoms with Gasteiger partial charge in [-0.25, -0.2) is 4.68 Å². The lowest BCUT2D eigenvalue weighted by atomic mass is 10.1. The zero-order chi connectivity index (χ0) is 12.8. The molecule has 18 heavy (non-hydrogen) atoms. The van der Waals surface area contributed by atoms with Crippen LogP contribution in [0.5, 0.6) is 0 Å². The summed E-state index contributed by atoms with van der Waals surface area (Å²) >= 11 is 0. The zero-order valence-electron chi connectivity index (χ0n) is 11.0. The first-order valence-electron chi connectivity index (χ1n) is 7.10. The highest BCUT2D eigenvalue weighted by atomic mass is 16.3. The smallest absolute Gasteiger partial charge is 0.0827 e. The zero-order valence-corrected chi connectivity index (χ0v) is 11.0. The van der Waals surface area contributed by atoms with Crippen LogP contribution in [0.1, 0.15) is 56.7 Å². The molecule has 0 aliphatic heterocycles. The number of unbranched alkanes of at least 4 members (excludes halogenated alkanes) is 1. The lowest BCUT2D eigenvalue weighted by Crippen LogP contribution is -2.23. The Balaban J connectivity index is 1.95. The van der Waals surface area contributed by atoms with E-state index in [0.29, 0.717) is 0 Å². The van der Waals surface area contributed by atoms with Crippen molar-refractivity contribution in [3.05, 3.63) is 11.9 Å². The van der Waals surface area contributed by atoms with Gasteiger partial charge >= 0.3 is 0 Å². The molecule has 1 aliphatic rings. The van der Waals surface area contributed by atoms with Crippen LogP contribution in [0, 0.1) is 0 Å². The molecule has 0 radical (unpaired) electrons. The molecule has 0 spiro atoms. The van der Waals surface area contributed by atoms with Gasteiger partial charge in [-0.3, -0.25) is 0 Å². The van der Waals surface area contributed by atoms with Crippen LogP contribution in [0.4, 0.5) is 0 Å². The van der Waals surface area contributed by atoms with Gasteiger partial charge in [-0.1, -0.05) is 24.5 Å². The molecule has 0 aromatic carbocycles. The van der Waals surface area contributed by atoms with Gasteiger partial charge in [-0.05, 0) is 38.6 Å². The summed E-state index contributed by atoms with van der Waals surface area (Å²) in [5, 5.41) is 18.5. The number of aliphatic hydroxyl groups excluding tert-OH is 1. The molecule has 1 fully saturated rings. The molecule has 2 rings (SSSR count). The molecule has 1 aliphatic carbocycles. The molecule has 2 unspecified atom stereocenters. The van der Waals surface area contributed by atoms with Crippen molar-refractivity contribution in [2.24, 2.45) is 5.73 Å². The minimum atomic E-state index is -0.272. The van der Waals surface area contributed by atoms with Gasteiger partial charge in [0.1, 0.15) is 0 Å². The average molecular weight is 252 g/mol. The number of hydrogen-bond donors (Lipinski definition) is 2. The van der Waals surface area contributed by atoms with E-state index in [2.05, 4.69) is 10.3 Å². The number of aryl methyl sites for hydroxylation is 1. The van der Waals surface area contributed by atoms with E-state index in [1.54, 1.807) is 0 Å². The summed E-state index contributed by atoms with van der Waals surface area (Å²) in [5.41, 5.74) is 6.49. The molecule has 2 atom stereocenters. The Bertz CT molecular complexity index is 353. The summed E-state index contributed by atoms with van der Waals surface area (Å²) in [6.45, 7) is 0.732. The number of nitrogens with two attached hydrogens (primary N) is 1. The minimum absolute atomic E-state index is 0.114. The molecular formula is C13H24N4O. The van der Waals surface area contributed by atoms with Crippen molar-refractivity contribution >= 4 is 0 Å². The van der Waals surface area contributed by atoms with E-state index in [1.807, 2.05) is 10.9 Å². The highest BCUT2D eigenvalue weighted by molar-refractivity contribution is 4.94. The van der Waals surface area contributed by atoms with Crippen molar-refractivity contribution in [2.75, 3.05) is 6.54 Å². The predicted molar refractivity (Wildman–Crippen MR) is 70.1 cm³/mol. The Labute approximate surface area is 108 Å². The summed E-state index contributed by atoms with van der Waals surface area (Å²) in [7, 11) is 0. The summed E-state index contributed by atoms with van der Waals surface area (Å²) in [4.78, 5) is 0. The maximum absolute atomic E-state index is 10.1. The monoisotopic (exact) mass is 252 g/mol. The normalized spacial score (nSPS) is 25.0. The number of rotatable bonds is 5. The van der Waals surface area contributed by atoms with Gasteiger partial charge in [-0.15, -0.1) is 5.10 Å². The summed E-state index contributed by atoms with van der Waals surface area (Å²) in [6.07, 6.45) is 10.1. The number of hydrogen-bond acceptors (Lipinski definition) is 4. The van der Waals surface area contributed by atoms with Gasteiger partial charge in [0.25, 0.3) is 0 Å². The van der Waals surface area contributed by atoms with Crippen LogP contribution in [0.3, 0.4) is 0 Å². The molecule has 3 N–H and O–H groups in total. The van der Waals surface area contributed by atoms with Crippen LogP contribution in [0.15, 0.2) is 6.20 Å².